The van der Waals surface area contributed by atoms with Crippen LogP contribution in [0.1, 0.15) is 19.4 Å². The smallest absolute Gasteiger partial charge is 0.385 e. The Kier molecular flexibility index (Phi) is 4.32. The predicted molar refractivity (Wildman–Crippen MR) is 89.4 cm³/mol. The zero-order valence-corrected chi connectivity index (χ0v) is 14.7. The summed E-state index contributed by atoms with van der Waals surface area (Å²) in [6, 6.07) is 7.81. The summed E-state index contributed by atoms with van der Waals surface area (Å²) in [5.74, 6) is 0.863. The summed E-state index contributed by atoms with van der Waals surface area (Å²) in [6.45, 7) is 6.48. The van der Waals surface area contributed by atoms with E-state index in [0.717, 1.165) is 11.1 Å². The van der Waals surface area contributed by atoms with Crippen LogP contribution in [0.4, 0.5) is 5.88 Å². The van der Waals surface area contributed by atoms with E-state index >= 15 is 0 Å². The number of hydrogen-bond donors (Lipinski definition) is 0. The lowest BCUT2D eigenvalue weighted by Crippen LogP contribution is -2.26. The monoisotopic (exact) mass is 336 g/mol. The van der Waals surface area contributed by atoms with Crippen molar-refractivity contribution >= 4 is 18.9 Å². The molecular weight excluding hydrogens is 315 g/mol. The second-order valence-electron chi connectivity index (χ2n) is 5.73. The number of aryl methyl sites for hydroxylation is 1. The molecule has 2 aromatic rings. The molecule has 3 rings (SSSR count). The molecular formula is C16H21N2O4P. The van der Waals surface area contributed by atoms with Crippen LogP contribution in [0.5, 0.6) is 0 Å². The van der Waals surface area contributed by atoms with E-state index in [2.05, 4.69) is 4.98 Å². The second kappa shape index (κ2) is 6.11. The summed E-state index contributed by atoms with van der Waals surface area (Å²) in [5, 5.41) is 0. The summed E-state index contributed by atoms with van der Waals surface area (Å²) < 4.78 is 30.2. The van der Waals surface area contributed by atoms with Crippen molar-refractivity contribution < 1.29 is 18.0 Å². The van der Waals surface area contributed by atoms with E-state index in [1.54, 1.807) is 6.92 Å². The van der Waals surface area contributed by atoms with Gasteiger partial charge < -0.3 is 13.8 Å². The van der Waals surface area contributed by atoms with Gasteiger partial charge in [-0.15, -0.1) is 0 Å². The normalized spacial score (nSPS) is 24.3. The van der Waals surface area contributed by atoms with E-state index in [-0.39, 0.29) is 18.1 Å². The maximum Gasteiger partial charge on any atom is 0.385 e. The van der Waals surface area contributed by atoms with Crippen molar-refractivity contribution in [3.63, 3.8) is 0 Å². The lowest BCUT2D eigenvalue weighted by molar-refractivity contribution is 0.175. The standard InChI is InChI=1S/C16H21N2O4P/c1-5-20-23(19)15-16(18(4)10-12(3)22-23)21-14(17-15)13-8-6-11(2)7-9-13/h6-9,12H,5,10H2,1-4H3. The van der Waals surface area contributed by atoms with E-state index in [1.165, 1.54) is 0 Å². The maximum absolute atomic E-state index is 13.1. The molecule has 1 aromatic heterocycles. The minimum absolute atomic E-state index is 0.246. The molecule has 0 saturated heterocycles. The minimum Gasteiger partial charge on any atom is -0.419 e. The Morgan fingerprint density at radius 1 is 1.39 bits per heavy atom. The van der Waals surface area contributed by atoms with Crippen LogP contribution in [-0.4, -0.2) is 31.3 Å². The molecule has 2 unspecified atom stereocenters. The molecule has 0 saturated carbocycles. The van der Waals surface area contributed by atoms with Crippen LogP contribution < -0.4 is 10.3 Å². The fraction of sp³-hybridized carbons (Fsp3) is 0.438. The van der Waals surface area contributed by atoms with Crippen LogP contribution >= 0.6 is 7.60 Å². The highest BCUT2D eigenvalue weighted by Crippen LogP contribution is 2.52. The number of anilines is 1. The van der Waals surface area contributed by atoms with Crippen LogP contribution in [0.15, 0.2) is 28.7 Å². The van der Waals surface area contributed by atoms with Crippen molar-refractivity contribution in [2.24, 2.45) is 0 Å². The molecule has 2 atom stereocenters. The summed E-state index contributed by atoms with van der Waals surface area (Å²) in [5.41, 5.74) is 2.23. The molecule has 23 heavy (non-hydrogen) atoms. The third kappa shape index (κ3) is 3.07. The van der Waals surface area contributed by atoms with Gasteiger partial charge in [0.15, 0.2) is 0 Å². The Balaban J connectivity index is 2.10. The molecule has 0 amide bonds. The quantitative estimate of drug-likeness (QED) is 0.801. The first-order valence-corrected chi connectivity index (χ1v) is 9.19. The van der Waals surface area contributed by atoms with Crippen molar-refractivity contribution in [2.75, 3.05) is 25.1 Å². The lowest BCUT2D eigenvalue weighted by atomic mass is 10.1. The highest BCUT2D eigenvalue weighted by atomic mass is 31.2. The minimum atomic E-state index is -3.50. The van der Waals surface area contributed by atoms with Crippen LogP contribution in [0.3, 0.4) is 0 Å². The molecule has 0 aliphatic carbocycles. The van der Waals surface area contributed by atoms with Crippen LogP contribution in [0.25, 0.3) is 11.5 Å². The van der Waals surface area contributed by atoms with Crippen molar-refractivity contribution in [2.45, 2.75) is 26.9 Å². The third-order valence-corrected chi connectivity index (χ3v) is 5.69. The van der Waals surface area contributed by atoms with Crippen LogP contribution in [0, 0.1) is 6.92 Å². The van der Waals surface area contributed by atoms with Gasteiger partial charge in [0.1, 0.15) is 0 Å². The molecule has 0 spiro atoms. The average molecular weight is 336 g/mol. The molecule has 0 fully saturated rings. The van der Waals surface area contributed by atoms with Gasteiger partial charge in [-0.3, -0.25) is 9.09 Å². The SMILES string of the molecule is CCOP1(=O)OC(C)CN(C)c2oc(-c3ccc(C)cc3)nc21. The van der Waals surface area contributed by atoms with E-state index < -0.39 is 7.60 Å². The van der Waals surface area contributed by atoms with Crippen molar-refractivity contribution in [1.82, 2.24) is 4.98 Å². The van der Waals surface area contributed by atoms with E-state index in [9.17, 15) is 4.57 Å². The molecule has 1 aromatic carbocycles. The number of benzene rings is 1. The zero-order valence-electron chi connectivity index (χ0n) is 13.8. The van der Waals surface area contributed by atoms with Crippen LogP contribution in [-0.2, 0) is 13.6 Å². The van der Waals surface area contributed by atoms with Crippen LogP contribution in [0.2, 0.25) is 0 Å². The summed E-state index contributed by atoms with van der Waals surface area (Å²) >= 11 is 0. The largest absolute Gasteiger partial charge is 0.419 e. The van der Waals surface area contributed by atoms with Gasteiger partial charge in [0.25, 0.3) is 0 Å². The van der Waals surface area contributed by atoms with Crippen molar-refractivity contribution in [3.05, 3.63) is 29.8 Å². The van der Waals surface area contributed by atoms with E-state index in [4.69, 9.17) is 13.5 Å². The Morgan fingerprint density at radius 3 is 2.74 bits per heavy atom. The molecule has 0 radical (unpaired) electrons. The van der Waals surface area contributed by atoms with E-state index in [1.807, 2.05) is 50.1 Å². The first-order valence-electron chi connectivity index (χ1n) is 7.65. The van der Waals surface area contributed by atoms with Gasteiger partial charge in [-0.25, -0.2) is 0 Å². The highest BCUT2D eigenvalue weighted by molar-refractivity contribution is 7.62. The first-order chi connectivity index (χ1) is 10.9. The van der Waals surface area contributed by atoms with Gasteiger partial charge in [0.2, 0.25) is 17.2 Å². The number of oxazole rings is 1. The Hall–Kier alpha value is -1.62. The van der Waals surface area contributed by atoms with Gasteiger partial charge in [-0.05, 0) is 32.9 Å². The molecule has 124 valence electrons. The summed E-state index contributed by atoms with van der Waals surface area (Å²) in [4.78, 5) is 6.31. The predicted octanol–water partition coefficient (Wildman–Crippen LogP) is 3.36. The number of nitrogens with zero attached hydrogens (tertiary/aromatic N) is 2. The molecule has 2 heterocycles. The van der Waals surface area contributed by atoms with Gasteiger partial charge in [0, 0.05) is 19.2 Å². The topological polar surface area (TPSA) is 64.8 Å². The second-order valence-corrected chi connectivity index (χ2v) is 7.61. The molecule has 1 aliphatic rings. The molecule has 0 N–H and O–H groups in total. The molecule has 1 aliphatic heterocycles. The van der Waals surface area contributed by atoms with Gasteiger partial charge in [0.05, 0.1) is 12.7 Å². The van der Waals surface area contributed by atoms with Gasteiger partial charge in [-0.2, -0.15) is 4.98 Å². The number of fused-ring (bicyclic) bond motifs is 1. The number of hydrogen-bond acceptors (Lipinski definition) is 6. The van der Waals surface area contributed by atoms with Gasteiger partial charge in [-0.1, -0.05) is 17.7 Å². The number of likely N-dealkylation sites (N-methyl/N-ethyl adjacent to an activating group) is 1. The fourth-order valence-electron chi connectivity index (χ4n) is 2.60. The molecule has 7 heteroatoms. The maximum atomic E-state index is 13.1. The summed E-state index contributed by atoms with van der Waals surface area (Å²) in [7, 11) is -1.63. The van der Waals surface area contributed by atoms with Crippen molar-refractivity contribution in [1.29, 1.82) is 0 Å². The average Bonchev–Trinajstić information content (AvgIpc) is 2.90. The molecule has 6 nitrogen and oxygen atoms in total. The third-order valence-electron chi connectivity index (χ3n) is 3.65. The molecule has 0 bridgehead atoms. The lowest BCUT2D eigenvalue weighted by Gasteiger charge is -2.18. The Morgan fingerprint density at radius 2 is 2.09 bits per heavy atom. The summed E-state index contributed by atoms with van der Waals surface area (Å²) in [6.07, 6.45) is -0.246. The van der Waals surface area contributed by atoms with Crippen molar-refractivity contribution in [3.8, 4) is 11.5 Å². The first kappa shape index (κ1) is 16.2. The number of rotatable bonds is 3. The van der Waals surface area contributed by atoms with E-state index in [0.29, 0.717) is 18.3 Å². The van der Waals surface area contributed by atoms with Gasteiger partial charge >= 0.3 is 7.60 Å². The Labute approximate surface area is 136 Å². The highest BCUT2D eigenvalue weighted by Gasteiger charge is 2.41. The Bertz CT molecular complexity index is 741. The number of aromatic nitrogens is 1. The zero-order chi connectivity index (χ0) is 16.6. The fourth-order valence-corrected chi connectivity index (χ4v) is 4.43.